The van der Waals surface area contributed by atoms with Crippen molar-refractivity contribution in [3.63, 3.8) is 0 Å². The molecule has 104 valence electrons. The molecule has 19 heavy (non-hydrogen) atoms. The van der Waals surface area contributed by atoms with Crippen molar-refractivity contribution < 1.29 is 18.3 Å². The highest BCUT2D eigenvalue weighted by Crippen LogP contribution is 2.14. The van der Waals surface area contributed by atoms with Crippen LogP contribution < -0.4 is 0 Å². The lowest BCUT2D eigenvalue weighted by atomic mass is 10.1. The summed E-state index contributed by atoms with van der Waals surface area (Å²) >= 11 is 0. The summed E-state index contributed by atoms with van der Waals surface area (Å²) in [6.07, 6.45) is 0.0777. The van der Waals surface area contributed by atoms with E-state index in [0.29, 0.717) is 13.2 Å². The van der Waals surface area contributed by atoms with Gasteiger partial charge in [0.25, 0.3) is 0 Å². The first kappa shape index (κ1) is 14.1. The molecule has 1 aliphatic rings. The van der Waals surface area contributed by atoms with E-state index in [0.717, 1.165) is 12.1 Å². The van der Waals surface area contributed by atoms with E-state index in [1.165, 1.54) is 6.07 Å². The number of halogens is 2. The van der Waals surface area contributed by atoms with Crippen molar-refractivity contribution in [3.05, 3.63) is 35.4 Å². The molecule has 3 nitrogen and oxygen atoms in total. The zero-order valence-electron chi connectivity index (χ0n) is 11.0. The maximum Gasteiger partial charge on any atom is 0.176 e. The zero-order valence-corrected chi connectivity index (χ0v) is 11.0. The second-order valence-corrected chi connectivity index (χ2v) is 4.97. The van der Waals surface area contributed by atoms with Gasteiger partial charge in [0, 0.05) is 18.2 Å². The lowest BCUT2D eigenvalue weighted by Gasteiger charge is -2.36. The van der Waals surface area contributed by atoms with Crippen LogP contribution in [-0.4, -0.2) is 42.5 Å². The topological polar surface area (TPSA) is 29.5 Å². The van der Waals surface area contributed by atoms with E-state index in [9.17, 15) is 13.6 Å². The van der Waals surface area contributed by atoms with Gasteiger partial charge in [-0.3, -0.25) is 9.69 Å². The first-order chi connectivity index (χ1) is 8.97. The summed E-state index contributed by atoms with van der Waals surface area (Å²) in [5.74, 6) is -2.14. The normalized spacial score (nSPS) is 24.4. The van der Waals surface area contributed by atoms with E-state index < -0.39 is 11.6 Å². The summed E-state index contributed by atoms with van der Waals surface area (Å²) in [7, 11) is 0. The number of hydrogen-bond acceptors (Lipinski definition) is 3. The Balaban J connectivity index is 2.05. The monoisotopic (exact) mass is 269 g/mol. The number of ketones is 1. The third-order valence-corrected chi connectivity index (χ3v) is 3.33. The maximum absolute atomic E-state index is 13.1. The van der Waals surface area contributed by atoms with Gasteiger partial charge in [-0.05, 0) is 32.0 Å². The van der Waals surface area contributed by atoms with Gasteiger partial charge in [0.05, 0.1) is 19.3 Å². The van der Waals surface area contributed by atoms with Crippen molar-refractivity contribution in [1.29, 1.82) is 0 Å². The van der Waals surface area contributed by atoms with Gasteiger partial charge in [0.2, 0.25) is 0 Å². The smallest absolute Gasteiger partial charge is 0.176 e. The summed E-state index contributed by atoms with van der Waals surface area (Å²) in [5.41, 5.74) is 0.199. The minimum absolute atomic E-state index is 0.0777. The lowest BCUT2D eigenvalue weighted by molar-refractivity contribution is -0.0460. The van der Waals surface area contributed by atoms with Gasteiger partial charge in [-0.2, -0.15) is 0 Å². The zero-order chi connectivity index (χ0) is 14.0. The molecule has 0 aromatic heterocycles. The minimum atomic E-state index is -0.991. The van der Waals surface area contributed by atoms with Gasteiger partial charge < -0.3 is 4.74 Å². The Bertz CT molecular complexity index is 479. The highest BCUT2D eigenvalue weighted by Gasteiger charge is 2.25. The van der Waals surface area contributed by atoms with Crippen molar-refractivity contribution in [2.45, 2.75) is 26.0 Å². The van der Waals surface area contributed by atoms with Crippen molar-refractivity contribution in [2.24, 2.45) is 0 Å². The molecule has 2 atom stereocenters. The number of Topliss-reactive ketones (excluding diaryl/α,β-unsaturated/α-hetero) is 1. The Morgan fingerprint density at radius 3 is 2.79 bits per heavy atom. The molecule has 2 unspecified atom stereocenters. The molecule has 0 amide bonds. The van der Waals surface area contributed by atoms with Crippen LogP contribution in [-0.2, 0) is 4.74 Å². The van der Waals surface area contributed by atoms with E-state index in [1.807, 2.05) is 18.7 Å². The number of ether oxygens (including phenoxy) is 1. The van der Waals surface area contributed by atoms with E-state index in [1.54, 1.807) is 0 Å². The number of benzene rings is 1. The lowest BCUT2D eigenvalue weighted by Crippen LogP contribution is -2.49. The molecule has 0 aliphatic carbocycles. The van der Waals surface area contributed by atoms with Crippen LogP contribution in [0.5, 0.6) is 0 Å². The van der Waals surface area contributed by atoms with Crippen molar-refractivity contribution in [2.75, 3.05) is 19.7 Å². The van der Waals surface area contributed by atoms with Crippen LogP contribution in [0.1, 0.15) is 24.2 Å². The van der Waals surface area contributed by atoms with Gasteiger partial charge >= 0.3 is 0 Å². The molecular formula is C14H17F2NO2. The van der Waals surface area contributed by atoms with Crippen LogP contribution >= 0.6 is 0 Å². The van der Waals surface area contributed by atoms with E-state index in [-0.39, 0.29) is 30.0 Å². The molecule has 5 heteroatoms. The van der Waals surface area contributed by atoms with Crippen LogP contribution in [0.25, 0.3) is 0 Å². The second-order valence-electron chi connectivity index (χ2n) is 4.97. The predicted octanol–water partition coefficient (Wildman–Crippen LogP) is 2.26. The Morgan fingerprint density at radius 2 is 2.11 bits per heavy atom. The number of morpholine rings is 1. The molecule has 1 aromatic rings. The van der Waals surface area contributed by atoms with Gasteiger partial charge in [-0.25, -0.2) is 8.78 Å². The average molecular weight is 269 g/mol. The second kappa shape index (κ2) is 5.75. The molecule has 1 heterocycles. The summed E-state index contributed by atoms with van der Waals surface area (Å²) in [5, 5.41) is 0. The maximum atomic E-state index is 13.1. The Morgan fingerprint density at radius 1 is 1.37 bits per heavy atom. The molecule has 0 radical (unpaired) electrons. The number of nitrogens with zero attached hydrogens (tertiary/aromatic N) is 1. The average Bonchev–Trinajstić information content (AvgIpc) is 2.37. The molecule has 1 saturated heterocycles. The summed E-state index contributed by atoms with van der Waals surface area (Å²) in [6, 6.07) is 3.39. The van der Waals surface area contributed by atoms with E-state index >= 15 is 0 Å². The standard InChI is InChI=1S/C14H17F2NO2/c1-9-8-19-10(2)6-17(9)7-14(18)11-3-4-12(15)13(16)5-11/h3-5,9-10H,6-8H2,1-2H3. The minimum Gasteiger partial charge on any atom is -0.376 e. The first-order valence-electron chi connectivity index (χ1n) is 6.31. The molecule has 0 spiro atoms. The third-order valence-electron chi connectivity index (χ3n) is 3.33. The molecule has 1 aromatic carbocycles. The molecule has 1 aliphatic heterocycles. The van der Waals surface area contributed by atoms with E-state index in [4.69, 9.17) is 4.74 Å². The SMILES string of the molecule is CC1CN(CC(=O)c2ccc(F)c(F)c2)C(C)CO1. The van der Waals surface area contributed by atoms with Crippen LogP contribution in [0, 0.1) is 11.6 Å². The molecule has 0 saturated carbocycles. The van der Waals surface area contributed by atoms with Crippen LogP contribution in [0.2, 0.25) is 0 Å². The number of hydrogen-bond donors (Lipinski definition) is 0. The summed E-state index contributed by atoms with van der Waals surface area (Å²) < 4.78 is 31.4. The number of carbonyl (C=O) groups is 1. The largest absolute Gasteiger partial charge is 0.376 e. The number of rotatable bonds is 3. The molecule has 0 N–H and O–H groups in total. The van der Waals surface area contributed by atoms with Crippen LogP contribution in [0.3, 0.4) is 0 Å². The van der Waals surface area contributed by atoms with Crippen molar-refractivity contribution in [3.8, 4) is 0 Å². The quantitative estimate of drug-likeness (QED) is 0.788. The Labute approximate surface area is 111 Å². The van der Waals surface area contributed by atoms with Gasteiger partial charge in [-0.1, -0.05) is 0 Å². The molecule has 2 rings (SSSR count). The molecule has 1 fully saturated rings. The van der Waals surface area contributed by atoms with Gasteiger partial charge in [0.15, 0.2) is 17.4 Å². The van der Waals surface area contributed by atoms with Crippen LogP contribution in [0.4, 0.5) is 8.78 Å². The molecular weight excluding hydrogens is 252 g/mol. The fourth-order valence-corrected chi connectivity index (χ4v) is 2.14. The fourth-order valence-electron chi connectivity index (χ4n) is 2.14. The highest BCUT2D eigenvalue weighted by molar-refractivity contribution is 5.97. The van der Waals surface area contributed by atoms with Crippen molar-refractivity contribution >= 4 is 5.78 Å². The fraction of sp³-hybridized carbons (Fsp3) is 0.500. The van der Waals surface area contributed by atoms with Gasteiger partial charge in [0.1, 0.15) is 0 Å². The van der Waals surface area contributed by atoms with E-state index in [2.05, 4.69) is 0 Å². The van der Waals surface area contributed by atoms with Crippen LogP contribution in [0.15, 0.2) is 18.2 Å². The third kappa shape index (κ3) is 3.36. The van der Waals surface area contributed by atoms with Gasteiger partial charge in [-0.15, -0.1) is 0 Å². The van der Waals surface area contributed by atoms with Crippen molar-refractivity contribution in [1.82, 2.24) is 4.90 Å². The summed E-state index contributed by atoms with van der Waals surface area (Å²) in [4.78, 5) is 14.1. The Kier molecular flexibility index (Phi) is 4.27. The highest BCUT2D eigenvalue weighted by atomic mass is 19.2. The first-order valence-corrected chi connectivity index (χ1v) is 6.31. The number of carbonyl (C=O) groups excluding carboxylic acids is 1. The predicted molar refractivity (Wildman–Crippen MR) is 67.1 cm³/mol. The summed E-state index contributed by atoms with van der Waals surface area (Å²) in [6.45, 7) is 5.36. The Hall–Kier alpha value is -1.33. The molecule has 0 bridgehead atoms.